The molecule has 4 nitrogen and oxygen atoms in total. The number of benzene rings is 1. The largest absolute Gasteiger partial charge is 0.392 e. The van der Waals surface area contributed by atoms with Gasteiger partial charge in [0.05, 0.1) is 6.10 Å². The van der Waals surface area contributed by atoms with Crippen molar-refractivity contribution >= 4 is 5.69 Å². The number of hydrogen-bond donors (Lipinski definition) is 3. The smallest absolute Gasteiger partial charge is 0.123 e. The normalized spacial score (nSPS) is 25.4. The molecule has 3 N–H and O–H groups in total. The number of nitrogens with zero attached hydrogens (tertiary/aromatic N) is 1. The van der Waals surface area contributed by atoms with Gasteiger partial charge in [0.15, 0.2) is 0 Å². The Kier molecular flexibility index (Phi) is 4.50. The van der Waals surface area contributed by atoms with Crippen molar-refractivity contribution in [1.29, 1.82) is 0 Å². The van der Waals surface area contributed by atoms with E-state index in [2.05, 4.69) is 15.5 Å². The number of rotatable bonds is 3. The lowest BCUT2D eigenvalue weighted by atomic mass is 9.74. The summed E-state index contributed by atoms with van der Waals surface area (Å²) in [6, 6.07) is 5.12. The average Bonchev–Trinajstić information content (AvgIpc) is 2.96. The summed E-state index contributed by atoms with van der Waals surface area (Å²) >= 11 is 0. The molecule has 2 fully saturated rings. The number of halogens is 1. The Hall–Kier alpha value is -1.17. The zero-order chi connectivity index (χ0) is 16.6. The molecule has 0 saturated carbocycles. The SMILES string of the molecule is OC(CN1CCC2(CC1)CNc1ccc(F)cc12)C1CCNCC1. The van der Waals surface area contributed by atoms with E-state index in [4.69, 9.17) is 0 Å². The molecule has 0 aromatic heterocycles. The van der Waals surface area contributed by atoms with Crippen molar-refractivity contribution in [3.63, 3.8) is 0 Å². The monoisotopic (exact) mass is 333 g/mol. The van der Waals surface area contributed by atoms with Gasteiger partial charge in [-0.2, -0.15) is 0 Å². The third-order valence-electron chi connectivity index (χ3n) is 6.36. The number of piperidine rings is 2. The minimum Gasteiger partial charge on any atom is -0.392 e. The van der Waals surface area contributed by atoms with Gasteiger partial charge in [0.25, 0.3) is 0 Å². The maximum atomic E-state index is 13.7. The van der Waals surface area contributed by atoms with Crippen LogP contribution < -0.4 is 10.6 Å². The molecule has 1 unspecified atom stereocenters. The van der Waals surface area contributed by atoms with Crippen LogP contribution in [0.3, 0.4) is 0 Å². The molecule has 0 aliphatic carbocycles. The first-order chi connectivity index (χ1) is 11.7. The van der Waals surface area contributed by atoms with Crippen LogP contribution in [0.5, 0.6) is 0 Å². The van der Waals surface area contributed by atoms with Crippen LogP contribution >= 0.6 is 0 Å². The Morgan fingerprint density at radius 3 is 2.75 bits per heavy atom. The molecule has 0 bridgehead atoms. The molecule has 132 valence electrons. The van der Waals surface area contributed by atoms with E-state index < -0.39 is 0 Å². The quantitative estimate of drug-likeness (QED) is 0.791. The van der Waals surface area contributed by atoms with Crippen molar-refractivity contribution in [3.8, 4) is 0 Å². The van der Waals surface area contributed by atoms with Crippen LogP contribution in [0.4, 0.5) is 10.1 Å². The van der Waals surface area contributed by atoms with Gasteiger partial charge in [-0.15, -0.1) is 0 Å². The Labute approximate surface area is 143 Å². The number of nitrogens with one attached hydrogen (secondary N) is 2. The highest BCUT2D eigenvalue weighted by atomic mass is 19.1. The van der Waals surface area contributed by atoms with Gasteiger partial charge in [-0.25, -0.2) is 4.39 Å². The summed E-state index contributed by atoms with van der Waals surface area (Å²) < 4.78 is 13.7. The molecule has 0 amide bonds. The lowest BCUT2D eigenvalue weighted by molar-refractivity contribution is 0.0366. The highest BCUT2D eigenvalue weighted by Crippen LogP contribution is 2.44. The van der Waals surface area contributed by atoms with Gasteiger partial charge in [0.1, 0.15) is 5.82 Å². The summed E-state index contributed by atoms with van der Waals surface area (Å²) in [6.45, 7) is 5.72. The molecule has 2 saturated heterocycles. The third kappa shape index (κ3) is 3.05. The van der Waals surface area contributed by atoms with Crippen molar-refractivity contribution in [2.75, 3.05) is 44.6 Å². The Balaban J connectivity index is 1.37. The van der Waals surface area contributed by atoms with Gasteiger partial charge in [-0.3, -0.25) is 0 Å². The summed E-state index contributed by atoms with van der Waals surface area (Å²) in [7, 11) is 0. The first-order valence-corrected chi connectivity index (χ1v) is 9.31. The zero-order valence-electron chi connectivity index (χ0n) is 14.2. The van der Waals surface area contributed by atoms with Crippen LogP contribution in [0.2, 0.25) is 0 Å². The molecule has 5 heteroatoms. The minimum atomic E-state index is -0.215. The Bertz CT molecular complexity index is 580. The molecule has 24 heavy (non-hydrogen) atoms. The van der Waals surface area contributed by atoms with E-state index >= 15 is 0 Å². The zero-order valence-corrected chi connectivity index (χ0v) is 14.2. The highest BCUT2D eigenvalue weighted by molar-refractivity contribution is 5.60. The predicted molar refractivity (Wildman–Crippen MR) is 93.8 cm³/mol. The summed E-state index contributed by atoms with van der Waals surface area (Å²) in [5.74, 6) is 0.297. The van der Waals surface area contributed by atoms with Crippen molar-refractivity contribution in [3.05, 3.63) is 29.6 Å². The number of likely N-dealkylation sites (tertiary alicyclic amines) is 1. The number of fused-ring (bicyclic) bond motifs is 2. The second kappa shape index (κ2) is 6.62. The van der Waals surface area contributed by atoms with Crippen LogP contribution in [0.25, 0.3) is 0 Å². The van der Waals surface area contributed by atoms with E-state index in [1.165, 1.54) is 6.07 Å². The minimum absolute atomic E-state index is 0.0770. The molecule has 1 aromatic rings. The standard InChI is InChI=1S/C19H28FN3O/c20-15-1-2-17-16(11-15)19(13-22-17)5-9-23(10-6-19)12-18(24)14-3-7-21-8-4-14/h1-2,11,14,18,21-22,24H,3-10,12-13H2. The fraction of sp³-hybridized carbons (Fsp3) is 0.684. The molecule has 0 radical (unpaired) electrons. The Morgan fingerprint density at radius 2 is 2.00 bits per heavy atom. The summed E-state index contributed by atoms with van der Waals surface area (Å²) in [5.41, 5.74) is 2.33. The van der Waals surface area contributed by atoms with E-state index in [0.717, 1.165) is 76.2 Å². The predicted octanol–water partition coefficient (Wildman–Crippen LogP) is 1.95. The second-order valence-corrected chi connectivity index (χ2v) is 7.78. The van der Waals surface area contributed by atoms with E-state index in [1.807, 2.05) is 6.07 Å². The fourth-order valence-electron chi connectivity index (χ4n) is 4.72. The van der Waals surface area contributed by atoms with Gasteiger partial charge in [0.2, 0.25) is 0 Å². The van der Waals surface area contributed by atoms with E-state index in [0.29, 0.717) is 5.92 Å². The molecule has 4 rings (SSSR count). The first-order valence-electron chi connectivity index (χ1n) is 9.31. The molecule has 1 spiro atoms. The number of aliphatic hydroxyl groups is 1. The summed E-state index contributed by atoms with van der Waals surface area (Å²) in [5, 5.41) is 17.4. The number of anilines is 1. The third-order valence-corrected chi connectivity index (χ3v) is 6.36. The molecule has 3 aliphatic heterocycles. The van der Waals surface area contributed by atoms with E-state index in [9.17, 15) is 9.50 Å². The maximum absolute atomic E-state index is 13.7. The van der Waals surface area contributed by atoms with Crippen molar-refractivity contribution in [2.45, 2.75) is 37.2 Å². The first kappa shape index (κ1) is 16.3. The number of aliphatic hydroxyl groups excluding tert-OH is 1. The average molecular weight is 333 g/mol. The summed E-state index contributed by atoms with van der Waals surface area (Å²) in [6.07, 6.45) is 4.02. The Morgan fingerprint density at radius 1 is 1.25 bits per heavy atom. The topological polar surface area (TPSA) is 47.5 Å². The molecular weight excluding hydrogens is 305 g/mol. The molecule has 3 heterocycles. The lowest BCUT2D eigenvalue weighted by Gasteiger charge is -2.41. The number of hydrogen-bond acceptors (Lipinski definition) is 4. The second-order valence-electron chi connectivity index (χ2n) is 7.78. The molecule has 1 atom stereocenters. The van der Waals surface area contributed by atoms with E-state index in [-0.39, 0.29) is 17.3 Å². The van der Waals surface area contributed by atoms with Crippen LogP contribution in [0.15, 0.2) is 18.2 Å². The fourth-order valence-corrected chi connectivity index (χ4v) is 4.72. The van der Waals surface area contributed by atoms with Crippen LogP contribution in [0, 0.1) is 11.7 Å². The molecule has 1 aromatic carbocycles. The van der Waals surface area contributed by atoms with Crippen molar-refractivity contribution < 1.29 is 9.50 Å². The van der Waals surface area contributed by atoms with Crippen molar-refractivity contribution in [1.82, 2.24) is 10.2 Å². The van der Waals surface area contributed by atoms with Gasteiger partial charge >= 0.3 is 0 Å². The van der Waals surface area contributed by atoms with Gasteiger partial charge in [-0.1, -0.05) is 0 Å². The lowest BCUT2D eigenvalue weighted by Crippen LogP contribution is -2.48. The molecular formula is C19H28FN3O. The summed E-state index contributed by atoms with van der Waals surface area (Å²) in [4.78, 5) is 2.40. The van der Waals surface area contributed by atoms with Gasteiger partial charge in [0, 0.05) is 24.2 Å². The van der Waals surface area contributed by atoms with E-state index in [1.54, 1.807) is 6.07 Å². The maximum Gasteiger partial charge on any atom is 0.123 e. The van der Waals surface area contributed by atoms with Crippen LogP contribution in [0.1, 0.15) is 31.2 Å². The van der Waals surface area contributed by atoms with Gasteiger partial charge < -0.3 is 20.6 Å². The molecule has 3 aliphatic rings. The van der Waals surface area contributed by atoms with Crippen LogP contribution in [-0.4, -0.2) is 55.4 Å². The van der Waals surface area contributed by atoms with Gasteiger partial charge in [-0.05, 0) is 81.5 Å². The highest BCUT2D eigenvalue weighted by Gasteiger charge is 2.42. The number of β-amino-alcohol motifs (C(OH)–C–C–N with tert-alkyl or cyclic N) is 1. The van der Waals surface area contributed by atoms with Crippen molar-refractivity contribution in [2.24, 2.45) is 5.92 Å². The van der Waals surface area contributed by atoms with Crippen LogP contribution in [-0.2, 0) is 5.41 Å².